The van der Waals surface area contributed by atoms with Crippen molar-refractivity contribution in [1.82, 2.24) is 0 Å². The number of aliphatic hydroxyl groups excluding tert-OH is 3. The minimum absolute atomic E-state index is 0.125. The number of aliphatic hydroxyl groups is 3. The number of hydrogen-bond acceptors (Lipinski definition) is 4. The van der Waals surface area contributed by atoms with E-state index in [1.807, 2.05) is 0 Å². The summed E-state index contributed by atoms with van der Waals surface area (Å²) in [5.41, 5.74) is 0. The maximum Gasteiger partial charge on any atom is 0.0697 e. The average molecular weight is 236 g/mol. The van der Waals surface area contributed by atoms with E-state index in [-0.39, 0.29) is 19.8 Å². The third kappa shape index (κ3) is 23.6. The molecule has 0 aliphatic carbocycles. The Morgan fingerprint density at radius 1 is 0.688 bits per heavy atom. The van der Waals surface area contributed by atoms with Crippen LogP contribution in [0, 0.1) is 0 Å². The van der Waals surface area contributed by atoms with Gasteiger partial charge in [0.05, 0.1) is 26.4 Å². The van der Waals surface area contributed by atoms with Crippen LogP contribution in [0.3, 0.4) is 0 Å². The quantitative estimate of drug-likeness (QED) is 0.500. The maximum absolute atomic E-state index is 8.41. The topological polar surface area (TPSA) is 69.9 Å². The van der Waals surface area contributed by atoms with E-state index in [0.717, 1.165) is 13.0 Å². The first-order valence-corrected chi connectivity index (χ1v) is 6.23. The molecule has 0 amide bonds. The minimum Gasteiger partial charge on any atom is -0.394 e. The molecule has 0 atom stereocenters. The molecule has 0 aromatic heterocycles. The van der Waals surface area contributed by atoms with Gasteiger partial charge in [-0.1, -0.05) is 39.0 Å². The Bertz CT molecular complexity index is 87.0. The molecule has 100 valence electrons. The van der Waals surface area contributed by atoms with E-state index in [1.165, 1.54) is 32.1 Å². The van der Waals surface area contributed by atoms with Crippen molar-refractivity contribution in [3.63, 3.8) is 0 Å². The Morgan fingerprint density at radius 2 is 1.25 bits per heavy atom. The van der Waals surface area contributed by atoms with Crippen LogP contribution in [0.15, 0.2) is 0 Å². The van der Waals surface area contributed by atoms with Gasteiger partial charge in [-0.2, -0.15) is 0 Å². The van der Waals surface area contributed by atoms with E-state index in [9.17, 15) is 0 Å². The van der Waals surface area contributed by atoms with Gasteiger partial charge in [0.15, 0.2) is 0 Å². The molecule has 0 rings (SSSR count). The van der Waals surface area contributed by atoms with Gasteiger partial charge in [0.25, 0.3) is 0 Å². The smallest absolute Gasteiger partial charge is 0.0697 e. The fraction of sp³-hybridized carbons (Fsp3) is 1.00. The summed E-state index contributed by atoms with van der Waals surface area (Å²) >= 11 is 0. The molecule has 0 heterocycles. The lowest BCUT2D eigenvalue weighted by Gasteiger charge is -2.01. The molecule has 0 aliphatic rings. The molecule has 0 unspecified atom stereocenters. The van der Waals surface area contributed by atoms with Crippen LogP contribution in [0.2, 0.25) is 0 Å². The van der Waals surface area contributed by atoms with Crippen LogP contribution >= 0.6 is 0 Å². The number of hydrogen-bond donors (Lipinski definition) is 3. The summed E-state index contributed by atoms with van der Waals surface area (Å²) < 4.78 is 5.14. The molecule has 0 aromatic rings. The van der Waals surface area contributed by atoms with Crippen molar-refractivity contribution in [1.29, 1.82) is 0 Å². The van der Waals surface area contributed by atoms with Gasteiger partial charge >= 0.3 is 0 Å². The standard InChI is InChI=1S/C10H22O2.C2H6O2/c1-2-3-4-5-6-7-9-12-10-8-11;3-1-2-4/h11H,2-10H2,1H3;3-4H,1-2H2. The number of rotatable bonds is 10. The van der Waals surface area contributed by atoms with Crippen LogP contribution in [0.25, 0.3) is 0 Å². The number of unbranched alkanes of at least 4 members (excludes halogenated alkanes) is 5. The van der Waals surface area contributed by atoms with Crippen molar-refractivity contribution >= 4 is 0 Å². The summed E-state index contributed by atoms with van der Waals surface area (Å²) in [6.07, 6.45) is 7.76. The second-order valence-corrected chi connectivity index (χ2v) is 3.55. The SMILES string of the molecule is CCCCCCCCOCCO.OCCO. The third-order valence-corrected chi connectivity index (χ3v) is 1.98. The molecule has 0 saturated heterocycles. The molecule has 3 N–H and O–H groups in total. The second kappa shape index (κ2) is 20.3. The molecule has 0 aromatic carbocycles. The van der Waals surface area contributed by atoms with Gasteiger partial charge in [0.1, 0.15) is 0 Å². The first-order chi connectivity index (χ1) is 7.83. The molecule has 4 nitrogen and oxygen atoms in total. The molecule has 0 fully saturated rings. The van der Waals surface area contributed by atoms with Crippen LogP contribution in [0.5, 0.6) is 0 Å². The second-order valence-electron chi connectivity index (χ2n) is 3.55. The molecule has 0 spiro atoms. The largest absolute Gasteiger partial charge is 0.394 e. The van der Waals surface area contributed by atoms with Crippen LogP contribution in [0.4, 0.5) is 0 Å². The summed E-state index contributed by atoms with van der Waals surface area (Å²) in [5.74, 6) is 0. The Labute approximate surface area is 99.3 Å². The summed E-state index contributed by atoms with van der Waals surface area (Å²) in [7, 11) is 0. The van der Waals surface area contributed by atoms with E-state index in [1.54, 1.807) is 0 Å². The van der Waals surface area contributed by atoms with Gasteiger partial charge in [-0.15, -0.1) is 0 Å². The van der Waals surface area contributed by atoms with E-state index >= 15 is 0 Å². The summed E-state index contributed by atoms with van der Waals surface area (Å²) in [6.45, 7) is 3.43. The Hall–Kier alpha value is -0.160. The number of ether oxygens (including phenoxy) is 1. The van der Waals surface area contributed by atoms with Crippen molar-refractivity contribution < 1.29 is 20.1 Å². The molecule has 4 heteroatoms. The molecular formula is C12H28O4. The lowest BCUT2D eigenvalue weighted by Crippen LogP contribution is -2.00. The van der Waals surface area contributed by atoms with Crippen molar-refractivity contribution in [3.8, 4) is 0 Å². The van der Waals surface area contributed by atoms with Crippen molar-refractivity contribution in [3.05, 3.63) is 0 Å². The fourth-order valence-electron chi connectivity index (χ4n) is 1.15. The van der Waals surface area contributed by atoms with E-state index in [2.05, 4.69) is 6.92 Å². The van der Waals surface area contributed by atoms with Gasteiger partial charge in [-0.05, 0) is 6.42 Å². The van der Waals surface area contributed by atoms with Crippen LogP contribution in [0.1, 0.15) is 45.4 Å². The predicted octanol–water partition coefficient (Wildman–Crippen LogP) is 1.33. The Morgan fingerprint density at radius 3 is 1.75 bits per heavy atom. The van der Waals surface area contributed by atoms with Gasteiger partial charge in [0, 0.05) is 6.61 Å². The van der Waals surface area contributed by atoms with Crippen molar-refractivity contribution in [2.75, 3.05) is 33.0 Å². The predicted molar refractivity (Wildman–Crippen MR) is 65.5 cm³/mol. The lowest BCUT2D eigenvalue weighted by molar-refractivity contribution is 0.0895. The average Bonchev–Trinajstić information content (AvgIpc) is 2.33. The van der Waals surface area contributed by atoms with Gasteiger partial charge < -0.3 is 20.1 Å². The molecule has 0 aliphatic heterocycles. The van der Waals surface area contributed by atoms with Crippen molar-refractivity contribution in [2.24, 2.45) is 0 Å². The first kappa shape index (κ1) is 18.2. The van der Waals surface area contributed by atoms with E-state index in [0.29, 0.717) is 6.61 Å². The zero-order chi connectivity index (χ0) is 12.5. The van der Waals surface area contributed by atoms with Gasteiger partial charge in [0.2, 0.25) is 0 Å². The molecule has 16 heavy (non-hydrogen) atoms. The summed E-state index contributed by atoms with van der Waals surface area (Å²) in [6, 6.07) is 0. The van der Waals surface area contributed by atoms with Crippen LogP contribution in [-0.4, -0.2) is 48.4 Å². The molecular weight excluding hydrogens is 208 g/mol. The van der Waals surface area contributed by atoms with E-state index in [4.69, 9.17) is 20.1 Å². The zero-order valence-corrected chi connectivity index (χ0v) is 10.5. The monoisotopic (exact) mass is 236 g/mol. The summed E-state index contributed by atoms with van der Waals surface area (Å²) in [4.78, 5) is 0. The first-order valence-electron chi connectivity index (χ1n) is 6.23. The third-order valence-electron chi connectivity index (χ3n) is 1.98. The fourth-order valence-corrected chi connectivity index (χ4v) is 1.15. The molecule has 0 radical (unpaired) electrons. The highest BCUT2D eigenvalue weighted by atomic mass is 16.5. The Kier molecular flexibility index (Phi) is 23.1. The van der Waals surface area contributed by atoms with Crippen LogP contribution < -0.4 is 0 Å². The van der Waals surface area contributed by atoms with E-state index < -0.39 is 0 Å². The van der Waals surface area contributed by atoms with Crippen molar-refractivity contribution in [2.45, 2.75) is 45.4 Å². The summed E-state index contributed by atoms with van der Waals surface area (Å²) in [5, 5.41) is 23.7. The van der Waals surface area contributed by atoms with Crippen LogP contribution in [-0.2, 0) is 4.74 Å². The molecule has 0 bridgehead atoms. The molecule has 0 saturated carbocycles. The zero-order valence-electron chi connectivity index (χ0n) is 10.5. The lowest BCUT2D eigenvalue weighted by atomic mass is 10.1. The normalized spacial score (nSPS) is 9.75. The highest BCUT2D eigenvalue weighted by Crippen LogP contribution is 2.04. The Balaban J connectivity index is 0. The minimum atomic E-state index is -0.125. The van der Waals surface area contributed by atoms with Gasteiger partial charge in [-0.25, -0.2) is 0 Å². The van der Waals surface area contributed by atoms with Gasteiger partial charge in [-0.3, -0.25) is 0 Å². The highest BCUT2D eigenvalue weighted by molar-refractivity contribution is 4.43. The maximum atomic E-state index is 8.41. The highest BCUT2D eigenvalue weighted by Gasteiger charge is 1.89.